The molecule has 3 nitrogen and oxygen atoms in total. The van der Waals surface area contributed by atoms with Gasteiger partial charge in [-0.1, -0.05) is 17.7 Å². The zero-order chi connectivity index (χ0) is 14.1. The smallest absolute Gasteiger partial charge is 0.0366 e. The van der Waals surface area contributed by atoms with E-state index in [0.29, 0.717) is 0 Å². The van der Waals surface area contributed by atoms with Gasteiger partial charge in [0, 0.05) is 25.3 Å². The molecule has 0 bridgehead atoms. The molecule has 0 spiro atoms. The normalized spacial score (nSPS) is 11.0. The van der Waals surface area contributed by atoms with Crippen molar-refractivity contribution in [2.24, 2.45) is 0 Å². The molecule has 19 heavy (non-hydrogen) atoms. The summed E-state index contributed by atoms with van der Waals surface area (Å²) in [6, 6.07) is 8.79. The number of rotatable bonds is 9. The minimum Gasteiger partial charge on any atom is -0.371 e. The standard InChI is InChI=1S/C16H29N3/c1-5-19(16-9-7-15(2)8-10-16)14-12-17-11-6-13-18(3)4/h7-10,17H,5-6,11-14H2,1-4H3. The summed E-state index contributed by atoms with van der Waals surface area (Å²) < 4.78 is 0. The maximum Gasteiger partial charge on any atom is 0.0366 e. The van der Waals surface area contributed by atoms with Crippen molar-refractivity contribution in [2.75, 3.05) is 51.7 Å². The molecular formula is C16H29N3. The molecule has 108 valence electrons. The molecule has 0 aliphatic carbocycles. The maximum absolute atomic E-state index is 3.52. The van der Waals surface area contributed by atoms with E-state index in [9.17, 15) is 0 Å². The zero-order valence-electron chi connectivity index (χ0n) is 12.9. The summed E-state index contributed by atoms with van der Waals surface area (Å²) in [5.74, 6) is 0. The Morgan fingerprint density at radius 1 is 1.00 bits per heavy atom. The van der Waals surface area contributed by atoms with Gasteiger partial charge in [-0.05, 0) is 59.6 Å². The highest BCUT2D eigenvalue weighted by Crippen LogP contribution is 2.14. The summed E-state index contributed by atoms with van der Waals surface area (Å²) in [4.78, 5) is 4.64. The van der Waals surface area contributed by atoms with Crippen LogP contribution in [0.3, 0.4) is 0 Å². The van der Waals surface area contributed by atoms with Crippen molar-refractivity contribution in [3.8, 4) is 0 Å². The Morgan fingerprint density at radius 2 is 1.68 bits per heavy atom. The second-order valence-corrected chi connectivity index (χ2v) is 5.32. The molecule has 0 heterocycles. The fraction of sp³-hybridized carbons (Fsp3) is 0.625. The third-order valence-corrected chi connectivity index (χ3v) is 3.30. The summed E-state index contributed by atoms with van der Waals surface area (Å²) in [5, 5.41) is 3.52. The zero-order valence-corrected chi connectivity index (χ0v) is 12.9. The van der Waals surface area contributed by atoms with Crippen LogP contribution in [0.4, 0.5) is 5.69 Å². The number of hydrogen-bond donors (Lipinski definition) is 1. The first kappa shape index (κ1) is 16.0. The summed E-state index contributed by atoms with van der Waals surface area (Å²) >= 11 is 0. The molecule has 0 aliphatic rings. The van der Waals surface area contributed by atoms with E-state index < -0.39 is 0 Å². The van der Waals surface area contributed by atoms with E-state index in [1.54, 1.807) is 0 Å². The number of hydrogen-bond acceptors (Lipinski definition) is 3. The molecule has 0 aromatic heterocycles. The number of aryl methyl sites for hydroxylation is 1. The Kier molecular flexibility index (Phi) is 7.53. The van der Waals surface area contributed by atoms with Crippen LogP contribution in [0.5, 0.6) is 0 Å². The van der Waals surface area contributed by atoms with Crippen LogP contribution in [0.1, 0.15) is 18.9 Å². The Morgan fingerprint density at radius 3 is 2.26 bits per heavy atom. The summed E-state index contributed by atoms with van der Waals surface area (Å²) in [7, 11) is 4.24. The van der Waals surface area contributed by atoms with Crippen molar-refractivity contribution in [2.45, 2.75) is 20.3 Å². The lowest BCUT2D eigenvalue weighted by Gasteiger charge is -2.23. The van der Waals surface area contributed by atoms with Crippen molar-refractivity contribution < 1.29 is 0 Å². The van der Waals surface area contributed by atoms with Gasteiger partial charge in [0.05, 0.1) is 0 Å². The van der Waals surface area contributed by atoms with Crippen LogP contribution in [-0.4, -0.2) is 51.7 Å². The van der Waals surface area contributed by atoms with Crippen LogP contribution in [0.25, 0.3) is 0 Å². The van der Waals surface area contributed by atoms with Crippen molar-refractivity contribution in [1.29, 1.82) is 0 Å². The summed E-state index contributed by atoms with van der Waals surface area (Å²) in [5.41, 5.74) is 2.64. The van der Waals surface area contributed by atoms with Gasteiger partial charge in [-0.15, -0.1) is 0 Å². The fourth-order valence-electron chi connectivity index (χ4n) is 2.08. The van der Waals surface area contributed by atoms with Gasteiger partial charge in [-0.2, -0.15) is 0 Å². The van der Waals surface area contributed by atoms with Gasteiger partial charge >= 0.3 is 0 Å². The van der Waals surface area contributed by atoms with E-state index in [1.807, 2.05) is 0 Å². The average molecular weight is 263 g/mol. The monoisotopic (exact) mass is 263 g/mol. The molecule has 0 saturated heterocycles. The van der Waals surface area contributed by atoms with Gasteiger partial charge in [0.1, 0.15) is 0 Å². The fourth-order valence-corrected chi connectivity index (χ4v) is 2.08. The topological polar surface area (TPSA) is 18.5 Å². The first-order valence-corrected chi connectivity index (χ1v) is 7.30. The lowest BCUT2D eigenvalue weighted by Crippen LogP contribution is -2.33. The molecule has 0 radical (unpaired) electrons. The molecule has 0 amide bonds. The minimum absolute atomic E-state index is 1.05. The highest BCUT2D eigenvalue weighted by Gasteiger charge is 2.02. The van der Waals surface area contributed by atoms with Crippen LogP contribution in [-0.2, 0) is 0 Å². The van der Waals surface area contributed by atoms with E-state index in [2.05, 4.69) is 67.3 Å². The first-order chi connectivity index (χ1) is 9.13. The van der Waals surface area contributed by atoms with Crippen molar-refractivity contribution >= 4 is 5.69 Å². The second-order valence-electron chi connectivity index (χ2n) is 5.32. The SMILES string of the molecule is CCN(CCNCCCN(C)C)c1ccc(C)cc1. The molecule has 0 saturated carbocycles. The van der Waals surface area contributed by atoms with Gasteiger partial charge in [0.2, 0.25) is 0 Å². The third kappa shape index (κ3) is 6.60. The van der Waals surface area contributed by atoms with E-state index >= 15 is 0 Å². The Balaban J connectivity index is 2.24. The van der Waals surface area contributed by atoms with Crippen LogP contribution >= 0.6 is 0 Å². The molecule has 0 aliphatic heterocycles. The highest BCUT2D eigenvalue weighted by atomic mass is 15.1. The van der Waals surface area contributed by atoms with Gasteiger partial charge in [0.15, 0.2) is 0 Å². The average Bonchev–Trinajstić information content (AvgIpc) is 2.39. The number of anilines is 1. The molecule has 1 rings (SSSR count). The van der Waals surface area contributed by atoms with E-state index in [0.717, 1.165) is 32.7 Å². The van der Waals surface area contributed by atoms with Crippen molar-refractivity contribution in [1.82, 2.24) is 10.2 Å². The van der Waals surface area contributed by atoms with E-state index in [4.69, 9.17) is 0 Å². The second kappa shape index (κ2) is 8.94. The summed E-state index contributed by atoms with van der Waals surface area (Å²) in [6.45, 7) is 9.78. The van der Waals surface area contributed by atoms with Gasteiger partial charge in [-0.25, -0.2) is 0 Å². The van der Waals surface area contributed by atoms with Crippen LogP contribution < -0.4 is 10.2 Å². The number of likely N-dealkylation sites (N-methyl/N-ethyl adjacent to an activating group) is 1. The molecule has 0 atom stereocenters. The summed E-state index contributed by atoms with van der Waals surface area (Å²) in [6.07, 6.45) is 1.21. The number of benzene rings is 1. The molecule has 0 fully saturated rings. The molecule has 1 N–H and O–H groups in total. The van der Waals surface area contributed by atoms with Crippen LogP contribution in [0.15, 0.2) is 24.3 Å². The lowest BCUT2D eigenvalue weighted by molar-refractivity contribution is 0.395. The van der Waals surface area contributed by atoms with E-state index in [1.165, 1.54) is 17.7 Å². The van der Waals surface area contributed by atoms with Crippen LogP contribution in [0.2, 0.25) is 0 Å². The highest BCUT2D eigenvalue weighted by molar-refractivity contribution is 5.47. The molecule has 0 unspecified atom stereocenters. The van der Waals surface area contributed by atoms with Gasteiger partial charge < -0.3 is 15.1 Å². The molecule has 3 heteroatoms. The largest absolute Gasteiger partial charge is 0.371 e. The first-order valence-electron chi connectivity index (χ1n) is 7.30. The van der Waals surface area contributed by atoms with Crippen LogP contribution in [0, 0.1) is 6.92 Å². The predicted molar refractivity (Wildman–Crippen MR) is 85.1 cm³/mol. The van der Waals surface area contributed by atoms with Crippen molar-refractivity contribution in [3.63, 3.8) is 0 Å². The third-order valence-electron chi connectivity index (χ3n) is 3.30. The lowest BCUT2D eigenvalue weighted by atomic mass is 10.2. The van der Waals surface area contributed by atoms with Crippen molar-refractivity contribution in [3.05, 3.63) is 29.8 Å². The Labute approximate surface area is 118 Å². The van der Waals surface area contributed by atoms with Gasteiger partial charge in [-0.3, -0.25) is 0 Å². The molecular weight excluding hydrogens is 234 g/mol. The predicted octanol–water partition coefficient (Wildman–Crippen LogP) is 2.36. The number of nitrogens with one attached hydrogen (secondary N) is 1. The minimum atomic E-state index is 1.05. The van der Waals surface area contributed by atoms with Gasteiger partial charge in [0.25, 0.3) is 0 Å². The van der Waals surface area contributed by atoms with E-state index in [-0.39, 0.29) is 0 Å². The Hall–Kier alpha value is -1.06. The quantitative estimate of drug-likeness (QED) is 0.690. The molecule has 1 aromatic carbocycles. The maximum atomic E-state index is 3.52. The number of nitrogens with zero attached hydrogens (tertiary/aromatic N) is 2. The molecule has 1 aromatic rings. The Bertz CT molecular complexity index is 332.